The van der Waals surface area contributed by atoms with Gasteiger partial charge < -0.3 is 29.8 Å². The monoisotopic (exact) mass is 458 g/mol. The van der Waals surface area contributed by atoms with Crippen LogP contribution in [-0.2, 0) is 28.5 Å². The van der Waals surface area contributed by atoms with Crippen LogP contribution in [-0.4, -0.2) is 56.4 Å². The van der Waals surface area contributed by atoms with E-state index in [1.807, 2.05) is 0 Å². The molecule has 14 heteroatoms. The first-order valence-electron chi connectivity index (χ1n) is 9.29. The molecule has 3 rings (SSSR count). The average Bonchev–Trinajstić information content (AvgIpc) is 3.13. The van der Waals surface area contributed by atoms with Gasteiger partial charge in [0.1, 0.15) is 10.8 Å². The predicted octanol–water partition coefficient (Wildman–Crippen LogP) is -0.418. The second kappa shape index (κ2) is 9.13. The Kier molecular flexibility index (Phi) is 6.74. The van der Waals surface area contributed by atoms with Gasteiger partial charge in [-0.05, 0) is 6.92 Å². The van der Waals surface area contributed by atoms with Gasteiger partial charge in [-0.15, -0.1) is 0 Å². The third kappa shape index (κ3) is 5.28. The Morgan fingerprint density at radius 1 is 1.39 bits per heavy atom. The molecular formula is C17H22N4O9S. The van der Waals surface area contributed by atoms with Gasteiger partial charge in [0.25, 0.3) is 5.56 Å². The number of H-pyrrole nitrogens is 1. The molecule has 0 radical (unpaired) electrons. The number of aromatic nitrogens is 3. The fourth-order valence-electron chi connectivity index (χ4n) is 3.34. The predicted molar refractivity (Wildman–Crippen MR) is 106 cm³/mol. The quantitative estimate of drug-likeness (QED) is 0.361. The van der Waals surface area contributed by atoms with Crippen LogP contribution in [0.5, 0.6) is 0 Å². The topological polar surface area (TPSA) is 185 Å². The Bertz CT molecular complexity index is 1090. The van der Waals surface area contributed by atoms with Crippen LogP contribution < -0.4 is 16.2 Å². The molecule has 2 aromatic heterocycles. The number of nitrogens with two attached hydrogens (primary N) is 1. The van der Waals surface area contributed by atoms with Gasteiger partial charge in [0.2, 0.25) is 12.2 Å². The zero-order valence-corrected chi connectivity index (χ0v) is 17.7. The van der Waals surface area contributed by atoms with E-state index in [0.717, 1.165) is 4.57 Å². The van der Waals surface area contributed by atoms with Gasteiger partial charge in [-0.3, -0.25) is 28.7 Å². The van der Waals surface area contributed by atoms with Crippen LogP contribution in [0.3, 0.4) is 0 Å². The molecule has 13 nitrogen and oxygen atoms in total. The summed E-state index contributed by atoms with van der Waals surface area (Å²) in [6.45, 7) is 3.74. The van der Waals surface area contributed by atoms with Gasteiger partial charge in [0, 0.05) is 26.7 Å². The summed E-state index contributed by atoms with van der Waals surface area (Å²) in [4.78, 5) is 53.5. The Morgan fingerprint density at radius 2 is 2.10 bits per heavy atom. The first kappa shape index (κ1) is 22.9. The fourth-order valence-corrected chi connectivity index (χ4v) is 4.18. The molecule has 170 valence electrons. The van der Waals surface area contributed by atoms with Crippen molar-refractivity contribution < 1.29 is 33.6 Å². The SMILES string of the molecule is CC(=O)OC(C[C@@H]1CC(OC(C)=O)[C@H](n2c(=O)sc3c(=O)[nH]c(N)nc32)O1)OC(C)O. The molecule has 0 bridgehead atoms. The van der Waals surface area contributed by atoms with E-state index in [4.69, 9.17) is 24.7 Å². The number of nitrogens with zero attached hydrogens (tertiary/aromatic N) is 2. The van der Waals surface area contributed by atoms with Gasteiger partial charge in [0.05, 0.1) is 6.10 Å². The number of aliphatic hydroxyl groups excluding tert-OH is 1. The number of anilines is 1. The van der Waals surface area contributed by atoms with E-state index in [9.17, 15) is 24.3 Å². The highest BCUT2D eigenvalue weighted by molar-refractivity contribution is 7.16. The average molecular weight is 458 g/mol. The van der Waals surface area contributed by atoms with Gasteiger partial charge in [-0.1, -0.05) is 11.3 Å². The zero-order chi connectivity index (χ0) is 22.9. The van der Waals surface area contributed by atoms with Crippen molar-refractivity contribution in [1.29, 1.82) is 0 Å². The Morgan fingerprint density at radius 3 is 2.71 bits per heavy atom. The van der Waals surface area contributed by atoms with Gasteiger partial charge >= 0.3 is 16.8 Å². The van der Waals surface area contributed by atoms with E-state index in [2.05, 4.69) is 9.97 Å². The molecule has 0 spiro atoms. The molecule has 31 heavy (non-hydrogen) atoms. The largest absolute Gasteiger partial charge is 0.458 e. The molecular weight excluding hydrogens is 436 g/mol. The number of hydrogen-bond acceptors (Lipinski definition) is 12. The number of hydrogen-bond donors (Lipinski definition) is 3. The lowest BCUT2D eigenvalue weighted by Crippen LogP contribution is -2.30. The van der Waals surface area contributed by atoms with Gasteiger partial charge in [-0.2, -0.15) is 4.98 Å². The second-order valence-electron chi connectivity index (χ2n) is 6.88. The van der Waals surface area contributed by atoms with Crippen LogP contribution in [0.4, 0.5) is 5.95 Å². The number of nitrogens with one attached hydrogen (secondary N) is 1. The Hall–Kier alpha value is -2.81. The smallest absolute Gasteiger partial charge is 0.311 e. The summed E-state index contributed by atoms with van der Waals surface area (Å²) in [6, 6.07) is 0. The van der Waals surface area contributed by atoms with Crippen molar-refractivity contribution in [2.24, 2.45) is 0 Å². The summed E-state index contributed by atoms with van der Waals surface area (Å²) < 4.78 is 22.6. The fraction of sp³-hybridized carbons (Fsp3) is 0.588. The van der Waals surface area contributed by atoms with Crippen molar-refractivity contribution in [3.05, 3.63) is 20.0 Å². The highest BCUT2D eigenvalue weighted by atomic mass is 32.1. The summed E-state index contributed by atoms with van der Waals surface area (Å²) in [6.07, 6.45) is -4.91. The van der Waals surface area contributed by atoms with Crippen molar-refractivity contribution in [3.63, 3.8) is 0 Å². The molecule has 0 aliphatic carbocycles. The Labute approximate surface area is 178 Å². The number of rotatable bonds is 7. The van der Waals surface area contributed by atoms with E-state index in [-0.39, 0.29) is 29.1 Å². The van der Waals surface area contributed by atoms with Gasteiger partial charge in [0.15, 0.2) is 18.2 Å². The van der Waals surface area contributed by atoms with Crippen molar-refractivity contribution in [2.75, 3.05) is 5.73 Å². The first-order chi connectivity index (χ1) is 14.5. The number of ether oxygens (including phenoxy) is 4. The highest BCUT2D eigenvalue weighted by Gasteiger charge is 2.42. The van der Waals surface area contributed by atoms with Crippen LogP contribution in [0.2, 0.25) is 0 Å². The van der Waals surface area contributed by atoms with E-state index in [1.165, 1.54) is 20.8 Å². The van der Waals surface area contributed by atoms with Crippen molar-refractivity contribution in [3.8, 4) is 0 Å². The molecule has 5 atom stereocenters. The summed E-state index contributed by atoms with van der Waals surface area (Å²) in [5.74, 6) is -1.42. The lowest BCUT2D eigenvalue weighted by Gasteiger charge is -2.22. The third-order valence-electron chi connectivity index (χ3n) is 4.31. The molecule has 0 amide bonds. The molecule has 0 saturated carbocycles. The Balaban J connectivity index is 1.94. The van der Waals surface area contributed by atoms with Crippen LogP contribution in [0.25, 0.3) is 10.3 Å². The minimum atomic E-state index is -1.21. The van der Waals surface area contributed by atoms with E-state index >= 15 is 0 Å². The molecule has 1 saturated heterocycles. The molecule has 2 aromatic rings. The summed E-state index contributed by atoms with van der Waals surface area (Å²) >= 11 is 0.652. The van der Waals surface area contributed by atoms with Crippen LogP contribution in [0.1, 0.15) is 39.8 Å². The normalized spacial score (nSPS) is 22.9. The number of carbonyl (C=O) groups excluding carboxylic acids is 2. The van der Waals surface area contributed by atoms with E-state index in [0.29, 0.717) is 11.3 Å². The number of esters is 2. The minimum Gasteiger partial charge on any atom is -0.458 e. The molecule has 0 aromatic carbocycles. The summed E-state index contributed by atoms with van der Waals surface area (Å²) in [7, 11) is 0. The number of thiazole rings is 1. The zero-order valence-electron chi connectivity index (χ0n) is 16.9. The summed E-state index contributed by atoms with van der Waals surface area (Å²) in [5.41, 5.74) is 5.03. The van der Waals surface area contributed by atoms with Crippen LogP contribution in [0, 0.1) is 0 Å². The lowest BCUT2D eigenvalue weighted by molar-refractivity contribution is -0.228. The maximum absolute atomic E-state index is 12.6. The number of aromatic amines is 1. The van der Waals surface area contributed by atoms with Crippen LogP contribution in [0.15, 0.2) is 9.59 Å². The maximum Gasteiger partial charge on any atom is 0.311 e. The van der Waals surface area contributed by atoms with Crippen molar-refractivity contribution >= 4 is 39.6 Å². The molecule has 3 heterocycles. The number of aliphatic hydroxyl groups is 1. The number of fused-ring (bicyclic) bond motifs is 1. The standard InChI is InChI=1S/C17H22N4O9S/c1-6(22)27-10-4-9(5-11(28-7(2)23)29-8(3)24)30-15(10)21-13-12(31-17(21)26)14(25)20-16(18)19-13/h7,9-11,15,23H,4-5H2,1-3H3,(H3,18,19,20,25)/t7?,9-,10?,11?,15+/m0/s1. The molecule has 1 aliphatic heterocycles. The number of nitrogen functional groups attached to an aromatic ring is 1. The van der Waals surface area contributed by atoms with Gasteiger partial charge in [-0.25, -0.2) is 0 Å². The molecule has 3 unspecified atom stereocenters. The third-order valence-corrected chi connectivity index (χ3v) is 5.25. The molecule has 1 fully saturated rings. The number of carbonyl (C=O) groups is 2. The lowest BCUT2D eigenvalue weighted by atomic mass is 10.1. The molecule has 4 N–H and O–H groups in total. The van der Waals surface area contributed by atoms with Crippen LogP contribution >= 0.6 is 11.3 Å². The highest BCUT2D eigenvalue weighted by Crippen LogP contribution is 2.35. The maximum atomic E-state index is 12.6. The van der Waals surface area contributed by atoms with E-state index < -0.39 is 53.4 Å². The molecule has 1 aliphatic rings. The van der Waals surface area contributed by atoms with E-state index in [1.54, 1.807) is 0 Å². The summed E-state index contributed by atoms with van der Waals surface area (Å²) in [5, 5.41) is 9.47. The van der Waals surface area contributed by atoms with Crippen molar-refractivity contribution in [2.45, 2.75) is 64.6 Å². The minimum absolute atomic E-state index is 0.00387. The second-order valence-corrected chi connectivity index (χ2v) is 7.85. The first-order valence-corrected chi connectivity index (χ1v) is 10.1. The van der Waals surface area contributed by atoms with Crippen molar-refractivity contribution in [1.82, 2.24) is 14.5 Å².